The Bertz CT molecular complexity index is 486. The minimum atomic E-state index is -0.0520. The Hall–Kier alpha value is -2.03. The SMILES string of the molecule is CC(=O)NC1=CCC(Oc2ccc(C)cc2)C=C1. The van der Waals surface area contributed by atoms with Gasteiger partial charge in [0.15, 0.2) is 0 Å². The highest BCUT2D eigenvalue weighted by molar-refractivity contribution is 5.75. The summed E-state index contributed by atoms with van der Waals surface area (Å²) in [5.74, 6) is 0.815. The summed E-state index contributed by atoms with van der Waals surface area (Å²) < 4.78 is 5.82. The maximum Gasteiger partial charge on any atom is 0.221 e. The third-order valence-electron chi connectivity index (χ3n) is 2.69. The number of amides is 1. The number of carbonyl (C=O) groups excluding carboxylic acids is 1. The molecule has 3 nitrogen and oxygen atoms in total. The lowest BCUT2D eigenvalue weighted by Crippen LogP contribution is -2.22. The van der Waals surface area contributed by atoms with Gasteiger partial charge in [-0.15, -0.1) is 0 Å². The first-order valence-corrected chi connectivity index (χ1v) is 6.03. The standard InChI is InChI=1S/C15H17NO2/c1-11-3-7-14(8-4-11)18-15-9-5-13(6-10-15)16-12(2)17/h3-9,15H,10H2,1-2H3,(H,16,17). The molecule has 1 N–H and O–H groups in total. The third-order valence-corrected chi connectivity index (χ3v) is 2.69. The topological polar surface area (TPSA) is 38.3 Å². The van der Waals surface area contributed by atoms with Gasteiger partial charge in [-0.25, -0.2) is 0 Å². The first-order valence-electron chi connectivity index (χ1n) is 6.03. The van der Waals surface area contributed by atoms with Crippen LogP contribution in [0.1, 0.15) is 18.9 Å². The molecule has 18 heavy (non-hydrogen) atoms. The molecule has 0 bridgehead atoms. The van der Waals surface area contributed by atoms with E-state index in [-0.39, 0.29) is 12.0 Å². The van der Waals surface area contributed by atoms with Gasteiger partial charge in [0, 0.05) is 19.0 Å². The average molecular weight is 243 g/mol. The lowest BCUT2D eigenvalue weighted by Gasteiger charge is -2.18. The van der Waals surface area contributed by atoms with Gasteiger partial charge in [-0.05, 0) is 31.2 Å². The van der Waals surface area contributed by atoms with Gasteiger partial charge in [0.2, 0.25) is 5.91 Å². The van der Waals surface area contributed by atoms with Gasteiger partial charge < -0.3 is 10.1 Å². The van der Waals surface area contributed by atoms with Gasteiger partial charge in [0.05, 0.1) is 0 Å². The largest absolute Gasteiger partial charge is 0.486 e. The van der Waals surface area contributed by atoms with Gasteiger partial charge in [-0.2, -0.15) is 0 Å². The summed E-state index contributed by atoms with van der Waals surface area (Å²) in [6, 6.07) is 7.99. The highest BCUT2D eigenvalue weighted by Crippen LogP contribution is 2.18. The Balaban J connectivity index is 1.91. The van der Waals surface area contributed by atoms with E-state index in [4.69, 9.17) is 4.74 Å². The fourth-order valence-electron chi connectivity index (χ4n) is 1.78. The zero-order valence-corrected chi connectivity index (χ0v) is 10.6. The van der Waals surface area contributed by atoms with Crippen LogP contribution in [0.5, 0.6) is 5.75 Å². The zero-order valence-electron chi connectivity index (χ0n) is 10.6. The van der Waals surface area contributed by atoms with Gasteiger partial charge in [0.1, 0.15) is 11.9 Å². The molecule has 0 aromatic heterocycles. The average Bonchev–Trinajstić information content (AvgIpc) is 2.34. The minimum Gasteiger partial charge on any atom is -0.486 e. The second-order valence-corrected chi connectivity index (χ2v) is 4.40. The number of hydrogen-bond donors (Lipinski definition) is 1. The number of nitrogens with one attached hydrogen (secondary N) is 1. The van der Waals surface area contributed by atoms with Crippen LogP contribution in [0.4, 0.5) is 0 Å². The maximum absolute atomic E-state index is 10.9. The van der Waals surface area contributed by atoms with Crippen molar-refractivity contribution in [2.24, 2.45) is 0 Å². The molecule has 0 radical (unpaired) electrons. The summed E-state index contributed by atoms with van der Waals surface area (Å²) in [6.07, 6.45) is 6.61. The van der Waals surface area contributed by atoms with E-state index in [9.17, 15) is 4.79 Å². The monoisotopic (exact) mass is 243 g/mol. The van der Waals surface area contributed by atoms with Crippen LogP contribution in [0.15, 0.2) is 48.2 Å². The molecule has 1 atom stereocenters. The smallest absolute Gasteiger partial charge is 0.221 e. The molecule has 1 aliphatic carbocycles. The summed E-state index contributed by atoms with van der Waals surface area (Å²) in [6.45, 7) is 3.55. The van der Waals surface area contributed by atoms with Gasteiger partial charge in [0.25, 0.3) is 0 Å². The Kier molecular flexibility index (Phi) is 3.82. The van der Waals surface area contributed by atoms with Crippen LogP contribution in [0.25, 0.3) is 0 Å². The van der Waals surface area contributed by atoms with E-state index in [0.717, 1.165) is 17.9 Å². The second kappa shape index (κ2) is 5.54. The normalized spacial score (nSPS) is 18.1. The van der Waals surface area contributed by atoms with E-state index in [1.807, 2.05) is 49.4 Å². The van der Waals surface area contributed by atoms with Crippen LogP contribution >= 0.6 is 0 Å². The van der Waals surface area contributed by atoms with Crippen LogP contribution < -0.4 is 10.1 Å². The molecule has 94 valence electrons. The predicted octanol–water partition coefficient (Wildman–Crippen LogP) is 2.72. The molecule has 3 heteroatoms. The summed E-state index contributed by atoms with van der Waals surface area (Å²) >= 11 is 0. The fourth-order valence-corrected chi connectivity index (χ4v) is 1.78. The van der Waals surface area contributed by atoms with Gasteiger partial charge in [-0.1, -0.05) is 23.8 Å². The highest BCUT2D eigenvalue weighted by Gasteiger charge is 2.10. The number of benzene rings is 1. The van der Waals surface area contributed by atoms with Crippen molar-refractivity contribution in [1.82, 2.24) is 5.32 Å². The Morgan fingerprint density at radius 2 is 2.06 bits per heavy atom. The van der Waals surface area contributed by atoms with E-state index in [2.05, 4.69) is 5.32 Å². The molecule has 0 aliphatic heterocycles. The molecule has 0 heterocycles. The van der Waals surface area contributed by atoms with Crippen molar-refractivity contribution in [2.75, 3.05) is 0 Å². The van der Waals surface area contributed by atoms with Crippen molar-refractivity contribution in [1.29, 1.82) is 0 Å². The second-order valence-electron chi connectivity index (χ2n) is 4.40. The van der Waals surface area contributed by atoms with E-state index < -0.39 is 0 Å². The molecule has 0 saturated heterocycles. The van der Waals surface area contributed by atoms with Crippen molar-refractivity contribution >= 4 is 5.91 Å². The number of allylic oxidation sites excluding steroid dienone is 1. The molecule has 1 aromatic rings. The molecule has 1 unspecified atom stereocenters. The lowest BCUT2D eigenvalue weighted by atomic mass is 10.1. The minimum absolute atomic E-state index is 0.0326. The number of carbonyl (C=O) groups is 1. The Labute approximate surface area is 107 Å². The van der Waals surface area contributed by atoms with Gasteiger partial charge in [-0.3, -0.25) is 4.79 Å². The van der Waals surface area contributed by atoms with E-state index in [1.165, 1.54) is 12.5 Å². The van der Waals surface area contributed by atoms with Crippen LogP contribution in [-0.4, -0.2) is 12.0 Å². The molecule has 2 rings (SSSR count). The summed E-state index contributed by atoms with van der Waals surface area (Å²) in [4.78, 5) is 10.9. The van der Waals surface area contributed by atoms with Crippen molar-refractivity contribution in [2.45, 2.75) is 26.4 Å². The molecule has 1 aromatic carbocycles. The fraction of sp³-hybridized carbons (Fsp3) is 0.267. The summed E-state index contributed by atoms with van der Waals surface area (Å²) in [7, 11) is 0. The molecule has 0 fully saturated rings. The third kappa shape index (κ3) is 3.48. The Morgan fingerprint density at radius 1 is 1.33 bits per heavy atom. The predicted molar refractivity (Wildman–Crippen MR) is 71.3 cm³/mol. The van der Waals surface area contributed by atoms with Crippen molar-refractivity contribution in [3.05, 3.63) is 53.8 Å². The van der Waals surface area contributed by atoms with E-state index in [1.54, 1.807) is 0 Å². The highest BCUT2D eigenvalue weighted by atomic mass is 16.5. The molecular weight excluding hydrogens is 226 g/mol. The van der Waals surface area contributed by atoms with Crippen LogP contribution in [-0.2, 0) is 4.79 Å². The Morgan fingerprint density at radius 3 is 2.61 bits per heavy atom. The van der Waals surface area contributed by atoms with Crippen LogP contribution in [0.3, 0.4) is 0 Å². The zero-order chi connectivity index (χ0) is 13.0. The molecule has 0 saturated carbocycles. The number of aryl methyl sites for hydroxylation is 1. The van der Waals surface area contributed by atoms with Crippen LogP contribution in [0.2, 0.25) is 0 Å². The maximum atomic E-state index is 10.9. The first-order chi connectivity index (χ1) is 8.63. The summed E-state index contributed by atoms with van der Waals surface area (Å²) in [5, 5.41) is 2.75. The number of hydrogen-bond acceptors (Lipinski definition) is 2. The van der Waals surface area contributed by atoms with Gasteiger partial charge >= 0.3 is 0 Å². The van der Waals surface area contributed by atoms with E-state index >= 15 is 0 Å². The molecule has 1 amide bonds. The molecular formula is C15H17NO2. The van der Waals surface area contributed by atoms with Crippen LogP contribution in [0, 0.1) is 6.92 Å². The van der Waals surface area contributed by atoms with Crippen molar-refractivity contribution < 1.29 is 9.53 Å². The quantitative estimate of drug-likeness (QED) is 0.886. The van der Waals surface area contributed by atoms with Crippen molar-refractivity contribution in [3.63, 3.8) is 0 Å². The molecule has 0 spiro atoms. The number of rotatable bonds is 3. The summed E-state index contributed by atoms with van der Waals surface area (Å²) in [5.41, 5.74) is 2.06. The lowest BCUT2D eigenvalue weighted by molar-refractivity contribution is -0.118. The first kappa shape index (κ1) is 12.4. The number of ether oxygens (including phenoxy) is 1. The van der Waals surface area contributed by atoms with E-state index in [0.29, 0.717) is 0 Å². The van der Waals surface area contributed by atoms with Crippen molar-refractivity contribution in [3.8, 4) is 5.75 Å². The molecule has 1 aliphatic rings.